The van der Waals surface area contributed by atoms with Crippen molar-refractivity contribution in [1.82, 2.24) is 0 Å². The molecular formula is C22H34O5. The van der Waals surface area contributed by atoms with Crippen LogP contribution in [0.15, 0.2) is 11.1 Å². The highest BCUT2D eigenvalue weighted by atomic mass is 16.5. The zero-order chi connectivity index (χ0) is 20.0. The van der Waals surface area contributed by atoms with E-state index in [0.717, 1.165) is 30.6 Å². The van der Waals surface area contributed by atoms with Gasteiger partial charge in [-0.1, -0.05) is 26.3 Å². The second-order valence-electron chi connectivity index (χ2n) is 9.40. The quantitative estimate of drug-likeness (QED) is 0.598. The lowest BCUT2D eigenvalue weighted by Crippen LogP contribution is -2.55. The first-order valence-corrected chi connectivity index (χ1v) is 10.3. The molecule has 5 heteroatoms. The molecule has 3 rings (SSSR count). The van der Waals surface area contributed by atoms with Crippen molar-refractivity contribution in [3.63, 3.8) is 0 Å². The van der Waals surface area contributed by atoms with E-state index in [1.165, 1.54) is 6.92 Å². The molecule has 1 aliphatic heterocycles. The van der Waals surface area contributed by atoms with Gasteiger partial charge in [0.05, 0.1) is 18.3 Å². The first-order chi connectivity index (χ1) is 12.6. The van der Waals surface area contributed by atoms with Crippen LogP contribution in [0.4, 0.5) is 0 Å². The van der Waals surface area contributed by atoms with Crippen LogP contribution in [0, 0.1) is 17.3 Å². The second kappa shape index (κ2) is 7.32. The zero-order valence-corrected chi connectivity index (χ0v) is 17.3. The average Bonchev–Trinajstić information content (AvgIpc) is 2.58. The Morgan fingerprint density at radius 1 is 1.30 bits per heavy atom. The maximum Gasteiger partial charge on any atom is 0.303 e. The van der Waals surface area contributed by atoms with Gasteiger partial charge in [0.25, 0.3) is 0 Å². The van der Waals surface area contributed by atoms with Crippen LogP contribution in [0.25, 0.3) is 0 Å². The van der Waals surface area contributed by atoms with E-state index in [1.807, 2.05) is 20.8 Å². The number of carbonyl (C=O) groups is 2. The molecule has 1 saturated carbocycles. The number of Topliss-reactive ketones (excluding diaryl/α,β-unsaturated/α-hetero) is 1. The van der Waals surface area contributed by atoms with Crippen LogP contribution in [0.1, 0.15) is 73.1 Å². The van der Waals surface area contributed by atoms with Crippen molar-refractivity contribution in [1.29, 1.82) is 0 Å². The maximum atomic E-state index is 13.4. The number of carbonyl (C=O) groups excluding carboxylic acids is 2. The molecule has 0 aromatic heterocycles. The lowest BCUT2D eigenvalue weighted by atomic mass is 9.57. The normalized spacial score (nSPS) is 38.7. The molecule has 2 bridgehead atoms. The summed E-state index contributed by atoms with van der Waals surface area (Å²) >= 11 is 0. The molecule has 152 valence electrons. The van der Waals surface area contributed by atoms with Crippen molar-refractivity contribution in [3.05, 3.63) is 11.1 Å². The van der Waals surface area contributed by atoms with Crippen molar-refractivity contribution < 1.29 is 24.2 Å². The van der Waals surface area contributed by atoms with E-state index in [-0.39, 0.29) is 17.8 Å². The molecule has 1 saturated heterocycles. The summed E-state index contributed by atoms with van der Waals surface area (Å²) in [6, 6.07) is 0. The summed E-state index contributed by atoms with van der Waals surface area (Å²) in [7, 11) is 0. The third-order valence-corrected chi connectivity index (χ3v) is 7.33. The van der Waals surface area contributed by atoms with Crippen LogP contribution < -0.4 is 0 Å². The fourth-order valence-corrected chi connectivity index (χ4v) is 5.25. The van der Waals surface area contributed by atoms with Crippen LogP contribution >= 0.6 is 0 Å². The Bertz CT molecular complexity index is 649. The highest BCUT2D eigenvalue weighted by molar-refractivity contribution is 5.91. The number of ketones is 1. The number of hydrogen-bond acceptors (Lipinski definition) is 5. The van der Waals surface area contributed by atoms with Gasteiger partial charge in [-0.05, 0) is 51.0 Å². The molecule has 1 heterocycles. The number of esters is 1. The molecular weight excluding hydrogens is 344 g/mol. The minimum absolute atomic E-state index is 0.0106. The van der Waals surface area contributed by atoms with Crippen LogP contribution in [-0.4, -0.2) is 41.3 Å². The molecule has 1 N–H and O–H groups in total. The van der Waals surface area contributed by atoms with E-state index in [1.54, 1.807) is 0 Å². The molecule has 0 spiro atoms. The summed E-state index contributed by atoms with van der Waals surface area (Å²) in [6.45, 7) is 10.3. The van der Waals surface area contributed by atoms with Crippen LogP contribution in [0.3, 0.4) is 0 Å². The van der Waals surface area contributed by atoms with Crippen LogP contribution in [0.2, 0.25) is 0 Å². The molecule has 27 heavy (non-hydrogen) atoms. The maximum absolute atomic E-state index is 13.4. The summed E-state index contributed by atoms with van der Waals surface area (Å²) in [6.07, 6.45) is 3.54. The largest absolute Gasteiger partial charge is 0.450 e. The number of allylic oxidation sites excluding steroid dienone is 1. The topological polar surface area (TPSA) is 72.8 Å². The molecule has 2 fully saturated rings. The van der Waals surface area contributed by atoms with Crippen LogP contribution in [-0.2, 0) is 19.1 Å². The highest BCUT2D eigenvalue weighted by Gasteiger charge is 2.54. The first-order valence-electron chi connectivity index (χ1n) is 10.3. The van der Waals surface area contributed by atoms with Gasteiger partial charge in [0.15, 0.2) is 11.9 Å². The van der Waals surface area contributed by atoms with Crippen LogP contribution in [0.5, 0.6) is 0 Å². The van der Waals surface area contributed by atoms with Gasteiger partial charge in [-0.3, -0.25) is 9.59 Å². The molecule has 0 amide bonds. The lowest BCUT2D eigenvalue weighted by molar-refractivity contribution is -0.159. The molecule has 2 aliphatic carbocycles. The number of ether oxygens (including phenoxy) is 2. The van der Waals surface area contributed by atoms with Gasteiger partial charge in [0.1, 0.15) is 0 Å². The summed E-state index contributed by atoms with van der Waals surface area (Å²) < 4.78 is 11.2. The van der Waals surface area contributed by atoms with Crippen molar-refractivity contribution in [2.75, 3.05) is 6.61 Å². The number of aliphatic hydroxyl groups is 1. The molecule has 0 aromatic rings. The first kappa shape index (κ1) is 20.5. The van der Waals surface area contributed by atoms with E-state index in [4.69, 9.17) is 9.47 Å². The summed E-state index contributed by atoms with van der Waals surface area (Å²) in [5.41, 5.74) is 0.413. The van der Waals surface area contributed by atoms with Crippen molar-refractivity contribution in [2.45, 2.75) is 91.0 Å². The lowest BCUT2D eigenvalue weighted by Gasteiger charge is -2.52. The van der Waals surface area contributed by atoms with Gasteiger partial charge >= 0.3 is 5.97 Å². The fourth-order valence-electron chi connectivity index (χ4n) is 5.25. The highest BCUT2D eigenvalue weighted by Crippen LogP contribution is 2.53. The smallest absolute Gasteiger partial charge is 0.303 e. The Kier molecular flexibility index (Phi) is 5.57. The SMILES string of the molecule is CC(=O)OC1C(=O)C(CCC2OCC2C)CCC2(O)CCC(C)=C1C2(C)C. The molecule has 5 unspecified atom stereocenters. The predicted octanol–water partition coefficient (Wildman–Crippen LogP) is 3.58. The van der Waals surface area contributed by atoms with Gasteiger partial charge in [-0.15, -0.1) is 0 Å². The van der Waals surface area contributed by atoms with Gasteiger partial charge in [0.2, 0.25) is 0 Å². The minimum Gasteiger partial charge on any atom is -0.450 e. The van der Waals surface area contributed by atoms with E-state index in [9.17, 15) is 14.7 Å². The number of rotatable bonds is 4. The van der Waals surface area contributed by atoms with Crippen molar-refractivity contribution >= 4 is 11.8 Å². The van der Waals surface area contributed by atoms with Crippen molar-refractivity contribution in [2.24, 2.45) is 17.3 Å². The predicted molar refractivity (Wildman–Crippen MR) is 102 cm³/mol. The summed E-state index contributed by atoms with van der Waals surface area (Å²) in [4.78, 5) is 25.2. The van der Waals surface area contributed by atoms with E-state index in [0.29, 0.717) is 31.6 Å². The number of fused-ring (bicyclic) bond motifs is 2. The Morgan fingerprint density at radius 2 is 2.00 bits per heavy atom. The average molecular weight is 379 g/mol. The zero-order valence-electron chi connectivity index (χ0n) is 17.3. The Balaban J connectivity index is 1.92. The second-order valence-corrected chi connectivity index (χ2v) is 9.40. The van der Waals surface area contributed by atoms with Gasteiger partial charge in [-0.25, -0.2) is 0 Å². The monoisotopic (exact) mass is 378 g/mol. The van der Waals surface area contributed by atoms with E-state index < -0.39 is 23.1 Å². The molecule has 0 aromatic carbocycles. The standard InChI is InChI=1S/C22H34O5/c1-13-8-10-22(25)11-9-16(6-7-17-14(2)12-26-17)19(24)20(27-15(3)23)18(13)21(22,4)5/h14,16-17,20,25H,6-12H2,1-5H3. The Hall–Kier alpha value is -1.20. The van der Waals surface area contributed by atoms with Gasteiger partial charge in [-0.2, -0.15) is 0 Å². The molecule has 0 radical (unpaired) electrons. The minimum atomic E-state index is -0.880. The summed E-state index contributed by atoms with van der Waals surface area (Å²) in [5, 5.41) is 11.5. The third-order valence-electron chi connectivity index (χ3n) is 7.33. The Labute approximate surface area is 162 Å². The van der Waals surface area contributed by atoms with Gasteiger partial charge in [0, 0.05) is 24.2 Å². The fraction of sp³-hybridized carbons (Fsp3) is 0.818. The summed E-state index contributed by atoms with van der Waals surface area (Å²) in [5.74, 6) is -0.142. The third kappa shape index (κ3) is 3.61. The molecule has 5 atom stereocenters. The molecule has 3 aliphatic rings. The van der Waals surface area contributed by atoms with E-state index in [2.05, 4.69) is 6.92 Å². The van der Waals surface area contributed by atoms with Gasteiger partial charge < -0.3 is 14.6 Å². The molecule has 5 nitrogen and oxygen atoms in total. The Morgan fingerprint density at radius 3 is 2.56 bits per heavy atom. The van der Waals surface area contributed by atoms with E-state index >= 15 is 0 Å². The van der Waals surface area contributed by atoms with Crippen molar-refractivity contribution in [3.8, 4) is 0 Å². The number of hydrogen-bond donors (Lipinski definition) is 1.